The number of thiocarbonyl (C=S) groups is 2. The van der Waals surface area contributed by atoms with E-state index in [0.29, 0.717) is 47.3 Å². The fourth-order valence-corrected chi connectivity index (χ4v) is 14.6. The summed E-state index contributed by atoms with van der Waals surface area (Å²) in [6, 6.07) is 0. The lowest BCUT2D eigenvalue weighted by Gasteiger charge is -2.61. The molecular weight excluding hydrogens is 672 g/mol. The molecule has 0 aliphatic heterocycles. The van der Waals surface area contributed by atoms with Crippen LogP contribution < -0.4 is 0 Å². The second kappa shape index (κ2) is 12.4. The van der Waals surface area contributed by atoms with E-state index in [1.165, 1.54) is 0 Å². The van der Waals surface area contributed by atoms with E-state index >= 15 is 0 Å². The first kappa shape index (κ1) is 34.3. The van der Waals surface area contributed by atoms with Crippen molar-refractivity contribution >= 4 is 77.4 Å². The van der Waals surface area contributed by atoms with Crippen LogP contribution >= 0.6 is 55.8 Å². The molecule has 8 rings (SSSR count). The molecule has 8 fully saturated rings. The van der Waals surface area contributed by atoms with E-state index in [9.17, 15) is 19.0 Å². The molecule has 8 aliphatic rings. The van der Waals surface area contributed by atoms with Gasteiger partial charge in [-0.05, 0) is 88.9 Å². The third-order valence-electron chi connectivity index (χ3n) is 10.6. The molecule has 8 nitrogen and oxygen atoms in total. The Morgan fingerprint density at radius 2 is 1.20 bits per heavy atom. The van der Waals surface area contributed by atoms with E-state index in [4.69, 9.17) is 43.0 Å². The average Bonchev–Trinajstić information content (AvgIpc) is 2.94. The Balaban J connectivity index is 0.982. The lowest BCUT2D eigenvalue weighted by molar-refractivity contribution is -0.170. The second-order valence-corrected chi connectivity index (χ2v) is 19.7. The van der Waals surface area contributed by atoms with Crippen LogP contribution in [0.1, 0.15) is 78.1 Å². The molecule has 13 heteroatoms. The van der Waals surface area contributed by atoms with Crippen LogP contribution in [0.4, 0.5) is 0 Å². The molecule has 45 heavy (non-hydrogen) atoms. The van der Waals surface area contributed by atoms with Crippen LogP contribution in [0.5, 0.6) is 0 Å². The van der Waals surface area contributed by atoms with E-state index in [1.807, 2.05) is 0 Å². The van der Waals surface area contributed by atoms with E-state index < -0.39 is 19.0 Å². The minimum absolute atomic E-state index is 0.0395. The van der Waals surface area contributed by atoms with Crippen LogP contribution in [-0.2, 0) is 32.7 Å². The summed E-state index contributed by atoms with van der Waals surface area (Å²) in [7, 11) is -4.26. The Morgan fingerprint density at radius 3 is 1.58 bits per heavy atom. The summed E-state index contributed by atoms with van der Waals surface area (Å²) in [5.41, 5.74) is -0.241. The summed E-state index contributed by atoms with van der Waals surface area (Å²) >= 11 is 15.2. The largest absolute Gasteiger partial charge is 0.472 e. The monoisotopic (exact) mass is 714 g/mol. The molecule has 0 aromatic heterocycles. The van der Waals surface area contributed by atoms with Gasteiger partial charge >= 0.3 is 19.8 Å². The molecule has 0 amide bonds. The number of hydrogen-bond donors (Lipinski definition) is 1. The van der Waals surface area contributed by atoms with Gasteiger partial charge in [-0.25, -0.2) is 14.2 Å². The Bertz CT molecular complexity index is 1290. The van der Waals surface area contributed by atoms with Crippen LogP contribution in [-0.4, -0.2) is 72.0 Å². The van der Waals surface area contributed by atoms with Crippen LogP contribution in [0.2, 0.25) is 0 Å². The van der Waals surface area contributed by atoms with Crippen molar-refractivity contribution in [3.63, 3.8) is 0 Å². The first-order chi connectivity index (χ1) is 21.1. The van der Waals surface area contributed by atoms with Crippen molar-refractivity contribution in [2.75, 3.05) is 24.7 Å². The molecule has 0 spiro atoms. The van der Waals surface area contributed by atoms with Crippen LogP contribution in [0, 0.1) is 23.7 Å². The highest BCUT2D eigenvalue weighted by Crippen LogP contribution is 2.63. The van der Waals surface area contributed by atoms with Gasteiger partial charge < -0.3 is 14.4 Å². The predicted molar refractivity (Wildman–Crippen MR) is 185 cm³/mol. The Hall–Kier alpha value is -0.590. The van der Waals surface area contributed by atoms with Crippen molar-refractivity contribution in [2.24, 2.45) is 23.7 Å². The van der Waals surface area contributed by atoms with E-state index in [1.54, 1.807) is 37.4 Å². The molecule has 8 atom stereocenters. The number of phosphoric ester groups is 1. The molecule has 8 bridgehead atoms. The molecule has 0 radical (unpaired) electrons. The zero-order valence-electron chi connectivity index (χ0n) is 26.0. The molecule has 1 N–H and O–H groups in total. The number of phosphoric acid groups is 1. The van der Waals surface area contributed by atoms with E-state index in [0.717, 1.165) is 61.1 Å². The van der Waals surface area contributed by atoms with Gasteiger partial charge in [0.1, 0.15) is 11.2 Å². The molecule has 0 aromatic rings. The zero-order valence-corrected chi connectivity index (χ0v) is 30.2. The van der Waals surface area contributed by atoms with Gasteiger partial charge in [0.25, 0.3) is 0 Å². The van der Waals surface area contributed by atoms with Crippen molar-refractivity contribution in [1.82, 2.24) is 0 Å². The molecular formula is C32H43O8PS4. The van der Waals surface area contributed by atoms with Gasteiger partial charge in [-0.3, -0.25) is 9.05 Å². The van der Waals surface area contributed by atoms with Gasteiger partial charge in [0.05, 0.1) is 22.7 Å². The van der Waals surface area contributed by atoms with Crippen LogP contribution in [0.3, 0.4) is 0 Å². The first-order valence-electron chi connectivity index (χ1n) is 15.8. The fourth-order valence-electron chi connectivity index (χ4n) is 9.48. The van der Waals surface area contributed by atoms with Gasteiger partial charge in [-0.1, -0.05) is 37.6 Å². The summed E-state index contributed by atoms with van der Waals surface area (Å²) < 4.78 is 35.0. The standard InChI is InChI=1S/C32H43O8PS4/c1-19(2)27(33)39-29-11-21-9-23(15-29)25(42)31(13-21,17-29)44-7-5-37-41(35,36)38-6-8-45-32-14-22-10-24(26(32)43)16-30(12-22,18-32)40-28(34)20(3)4/h21-24H,1,3,5-18H2,2,4H3,(H,35,36). The molecule has 8 saturated carbocycles. The number of rotatable bonds is 14. The SMILES string of the molecule is C=C(C)C(=O)OC12CC3CC(C1)C(=S)C(SCCOP(=O)(O)OCCSC14CC5CC(CC(OC(=O)C(=C)C)(C5)C1)C4=S)(C3)C2. The fraction of sp³-hybridized carbons (Fsp3) is 0.750. The first-order valence-corrected chi connectivity index (χ1v) is 20.1. The number of esters is 2. The van der Waals surface area contributed by atoms with E-state index in [-0.39, 0.29) is 46.5 Å². The third-order valence-corrected chi connectivity index (χ3v) is 16.3. The quantitative estimate of drug-likeness (QED) is 0.0660. The van der Waals surface area contributed by atoms with Gasteiger partial charge in [0.2, 0.25) is 0 Å². The maximum atomic E-state index is 12.8. The summed E-state index contributed by atoms with van der Waals surface area (Å²) in [5, 5.41) is 0. The molecule has 8 unspecified atom stereocenters. The highest BCUT2D eigenvalue weighted by Gasteiger charge is 2.63. The average molecular weight is 715 g/mol. The molecule has 0 saturated heterocycles. The molecule has 0 heterocycles. The highest BCUT2D eigenvalue weighted by atomic mass is 32.2. The van der Waals surface area contributed by atoms with Crippen molar-refractivity contribution in [2.45, 2.75) is 98.8 Å². The normalized spacial score (nSPS) is 40.3. The Morgan fingerprint density at radius 1 is 0.800 bits per heavy atom. The smallest absolute Gasteiger partial charge is 0.456 e. The van der Waals surface area contributed by atoms with Crippen molar-refractivity contribution in [1.29, 1.82) is 0 Å². The summed E-state index contributed by atoms with van der Waals surface area (Å²) in [6.45, 7) is 10.9. The molecule has 248 valence electrons. The maximum absolute atomic E-state index is 12.8. The number of ether oxygens (including phenoxy) is 2. The lowest BCUT2D eigenvalue weighted by atomic mass is 9.53. The van der Waals surface area contributed by atoms with Crippen LogP contribution in [0.25, 0.3) is 0 Å². The minimum Gasteiger partial charge on any atom is -0.456 e. The van der Waals surface area contributed by atoms with Crippen molar-refractivity contribution in [3.05, 3.63) is 24.3 Å². The number of hydrogen-bond acceptors (Lipinski definition) is 11. The Labute approximate surface area is 285 Å². The number of carbonyl (C=O) groups excluding carboxylic acids is 2. The van der Waals surface area contributed by atoms with Gasteiger partial charge in [-0.2, -0.15) is 0 Å². The van der Waals surface area contributed by atoms with Gasteiger partial charge in [-0.15, -0.1) is 23.5 Å². The molecule has 0 aromatic carbocycles. The maximum Gasteiger partial charge on any atom is 0.472 e. The second-order valence-electron chi connectivity index (χ2n) is 14.4. The summed E-state index contributed by atoms with van der Waals surface area (Å²) in [4.78, 5) is 37.4. The zero-order chi connectivity index (χ0) is 32.4. The lowest BCUT2D eigenvalue weighted by Crippen LogP contribution is -2.63. The van der Waals surface area contributed by atoms with Crippen LogP contribution in [0.15, 0.2) is 24.3 Å². The van der Waals surface area contributed by atoms with Crippen molar-refractivity contribution < 1.29 is 37.6 Å². The summed E-state index contributed by atoms with van der Waals surface area (Å²) in [6.07, 6.45) is 8.53. The topological polar surface area (TPSA) is 108 Å². The highest BCUT2D eigenvalue weighted by molar-refractivity contribution is 8.03. The summed E-state index contributed by atoms with van der Waals surface area (Å²) in [5.74, 6) is 1.61. The van der Waals surface area contributed by atoms with Gasteiger partial charge in [0, 0.05) is 45.2 Å². The predicted octanol–water partition coefficient (Wildman–Crippen LogP) is 6.97. The number of carbonyl (C=O) groups is 2. The van der Waals surface area contributed by atoms with E-state index in [2.05, 4.69) is 13.2 Å². The minimum atomic E-state index is -4.26. The number of thioether (sulfide) groups is 2. The van der Waals surface area contributed by atoms with Crippen molar-refractivity contribution in [3.8, 4) is 0 Å². The molecule has 8 aliphatic carbocycles. The van der Waals surface area contributed by atoms with Gasteiger partial charge in [0.15, 0.2) is 0 Å². The third kappa shape index (κ3) is 6.70. The Kier molecular flexibility index (Phi) is 9.43.